The van der Waals surface area contributed by atoms with E-state index in [4.69, 9.17) is 0 Å². The summed E-state index contributed by atoms with van der Waals surface area (Å²) in [4.78, 5) is 27.0. The van der Waals surface area contributed by atoms with Crippen molar-refractivity contribution in [2.75, 3.05) is 5.32 Å². The Morgan fingerprint density at radius 1 is 1.30 bits per heavy atom. The molecule has 1 heterocycles. The summed E-state index contributed by atoms with van der Waals surface area (Å²) in [6.45, 7) is 5.21. The number of rotatable bonds is 6. The van der Waals surface area contributed by atoms with E-state index in [0.717, 1.165) is 11.8 Å². The van der Waals surface area contributed by atoms with Crippen LogP contribution < -0.4 is 10.6 Å². The van der Waals surface area contributed by atoms with Gasteiger partial charge in [0, 0.05) is 18.5 Å². The number of hydrogen-bond acceptors (Lipinski definition) is 4. The van der Waals surface area contributed by atoms with Crippen LogP contribution in [0.1, 0.15) is 19.4 Å². The van der Waals surface area contributed by atoms with Gasteiger partial charge in [-0.25, -0.2) is 4.98 Å². The summed E-state index contributed by atoms with van der Waals surface area (Å²) in [5.74, 6) is -2.29. The highest BCUT2D eigenvalue weighted by Crippen LogP contribution is 2.16. The second-order valence-electron chi connectivity index (χ2n) is 5.24. The molecule has 0 radical (unpaired) electrons. The van der Waals surface area contributed by atoms with Crippen molar-refractivity contribution >= 4 is 17.5 Å². The molecule has 1 unspecified atom stereocenters. The molecule has 0 aliphatic heterocycles. The standard InChI is InChI=1S/C15H18F3N3O2/c1-9(2)12(19-8-6-11(22)15(16,17)18)14(23)21-13-10(3)5-4-7-20-13/h4-9,12,19H,1-3H3,(H,20,21,23). The van der Waals surface area contributed by atoms with Gasteiger partial charge in [0.1, 0.15) is 11.9 Å². The largest absolute Gasteiger partial charge is 0.454 e. The average molecular weight is 329 g/mol. The first kappa shape index (κ1) is 18.7. The zero-order valence-electron chi connectivity index (χ0n) is 12.9. The lowest BCUT2D eigenvalue weighted by molar-refractivity contribution is -0.165. The minimum Gasteiger partial charge on any atom is -0.379 e. The Balaban J connectivity index is 2.75. The fourth-order valence-electron chi connectivity index (χ4n) is 1.70. The zero-order chi connectivity index (χ0) is 17.6. The number of nitrogens with one attached hydrogen (secondary N) is 2. The number of aromatic nitrogens is 1. The number of halogens is 3. The Bertz CT molecular complexity index is 598. The predicted octanol–water partition coefficient (Wildman–Crippen LogP) is 2.59. The summed E-state index contributed by atoms with van der Waals surface area (Å²) in [6.07, 6.45) is -2.22. The van der Waals surface area contributed by atoms with E-state index in [2.05, 4.69) is 15.6 Å². The molecule has 0 fully saturated rings. The smallest absolute Gasteiger partial charge is 0.379 e. The van der Waals surface area contributed by atoms with E-state index in [1.54, 1.807) is 32.9 Å². The van der Waals surface area contributed by atoms with Crippen LogP contribution in [0, 0.1) is 12.8 Å². The molecule has 126 valence electrons. The molecule has 0 saturated carbocycles. The van der Waals surface area contributed by atoms with Crippen LogP contribution in [-0.2, 0) is 9.59 Å². The number of hydrogen-bond donors (Lipinski definition) is 2. The van der Waals surface area contributed by atoms with E-state index < -0.39 is 23.9 Å². The van der Waals surface area contributed by atoms with E-state index in [9.17, 15) is 22.8 Å². The fourth-order valence-corrected chi connectivity index (χ4v) is 1.70. The molecular weight excluding hydrogens is 311 g/mol. The van der Waals surface area contributed by atoms with Crippen LogP contribution in [0.15, 0.2) is 30.6 Å². The van der Waals surface area contributed by atoms with Gasteiger partial charge in [-0.3, -0.25) is 9.59 Å². The number of nitrogens with zero attached hydrogens (tertiary/aromatic N) is 1. The van der Waals surface area contributed by atoms with Gasteiger partial charge in [0.2, 0.25) is 5.91 Å². The highest BCUT2D eigenvalue weighted by molar-refractivity contribution is 5.96. The molecule has 0 aliphatic rings. The van der Waals surface area contributed by atoms with Gasteiger partial charge in [-0.05, 0) is 24.5 Å². The molecular formula is C15H18F3N3O2. The van der Waals surface area contributed by atoms with Crippen LogP contribution in [0.2, 0.25) is 0 Å². The van der Waals surface area contributed by atoms with Crippen molar-refractivity contribution in [3.8, 4) is 0 Å². The molecule has 0 saturated heterocycles. The highest BCUT2D eigenvalue weighted by atomic mass is 19.4. The zero-order valence-corrected chi connectivity index (χ0v) is 12.9. The summed E-state index contributed by atoms with van der Waals surface area (Å²) in [6, 6.07) is 2.67. The number of pyridine rings is 1. The second kappa shape index (κ2) is 7.75. The maximum absolute atomic E-state index is 12.2. The molecule has 5 nitrogen and oxygen atoms in total. The number of anilines is 1. The fraction of sp³-hybridized carbons (Fsp3) is 0.400. The molecule has 1 aromatic heterocycles. The summed E-state index contributed by atoms with van der Waals surface area (Å²) >= 11 is 0. The molecule has 23 heavy (non-hydrogen) atoms. The predicted molar refractivity (Wildman–Crippen MR) is 79.6 cm³/mol. The summed E-state index contributed by atoms with van der Waals surface area (Å²) in [7, 11) is 0. The number of carbonyl (C=O) groups is 2. The van der Waals surface area contributed by atoms with Gasteiger partial charge in [-0.1, -0.05) is 19.9 Å². The minimum absolute atomic E-state index is 0.218. The van der Waals surface area contributed by atoms with Crippen LogP contribution in [0.4, 0.5) is 19.0 Å². The lowest BCUT2D eigenvalue weighted by Gasteiger charge is -2.20. The van der Waals surface area contributed by atoms with Gasteiger partial charge in [-0.15, -0.1) is 0 Å². The van der Waals surface area contributed by atoms with Crippen molar-refractivity contribution in [1.82, 2.24) is 10.3 Å². The number of alkyl halides is 3. The Hall–Kier alpha value is -2.38. The molecule has 0 spiro atoms. The van der Waals surface area contributed by atoms with Crippen LogP contribution in [-0.4, -0.2) is 28.9 Å². The van der Waals surface area contributed by atoms with Crippen molar-refractivity contribution < 1.29 is 22.8 Å². The molecule has 1 rings (SSSR count). The van der Waals surface area contributed by atoms with Crippen molar-refractivity contribution in [2.24, 2.45) is 5.92 Å². The van der Waals surface area contributed by atoms with Gasteiger partial charge in [0.25, 0.3) is 5.78 Å². The van der Waals surface area contributed by atoms with Crippen LogP contribution >= 0.6 is 0 Å². The minimum atomic E-state index is -4.93. The SMILES string of the molecule is Cc1cccnc1NC(=O)C(NC=CC(=O)C(F)(F)F)C(C)C. The van der Waals surface area contributed by atoms with Crippen molar-refractivity contribution in [3.05, 3.63) is 36.2 Å². The van der Waals surface area contributed by atoms with Crippen LogP contribution in [0.3, 0.4) is 0 Å². The summed E-state index contributed by atoms with van der Waals surface area (Å²) in [5, 5.41) is 5.13. The molecule has 1 aromatic rings. The maximum Gasteiger partial charge on any atom is 0.454 e. The Kier molecular flexibility index (Phi) is 6.29. The lowest BCUT2D eigenvalue weighted by atomic mass is 10.0. The highest BCUT2D eigenvalue weighted by Gasteiger charge is 2.36. The molecule has 0 aromatic carbocycles. The van der Waals surface area contributed by atoms with Gasteiger partial charge in [0.15, 0.2) is 0 Å². The van der Waals surface area contributed by atoms with Gasteiger partial charge < -0.3 is 10.6 Å². The molecule has 1 amide bonds. The Morgan fingerprint density at radius 3 is 2.48 bits per heavy atom. The average Bonchev–Trinajstić information content (AvgIpc) is 2.44. The second-order valence-corrected chi connectivity index (χ2v) is 5.24. The van der Waals surface area contributed by atoms with Gasteiger partial charge in [0.05, 0.1) is 0 Å². The van der Waals surface area contributed by atoms with Crippen molar-refractivity contribution in [3.63, 3.8) is 0 Å². The maximum atomic E-state index is 12.2. The number of ketones is 1. The quantitative estimate of drug-likeness (QED) is 0.787. The van der Waals surface area contributed by atoms with E-state index in [-0.39, 0.29) is 5.92 Å². The topological polar surface area (TPSA) is 71.1 Å². The van der Waals surface area contributed by atoms with Gasteiger partial charge >= 0.3 is 6.18 Å². The lowest BCUT2D eigenvalue weighted by Crippen LogP contribution is -2.42. The van der Waals surface area contributed by atoms with Crippen molar-refractivity contribution in [1.29, 1.82) is 0 Å². The van der Waals surface area contributed by atoms with Crippen LogP contribution in [0.25, 0.3) is 0 Å². The number of allylic oxidation sites excluding steroid dienone is 1. The third-order valence-electron chi connectivity index (χ3n) is 2.99. The first-order valence-electron chi connectivity index (χ1n) is 6.89. The van der Waals surface area contributed by atoms with Gasteiger partial charge in [-0.2, -0.15) is 13.2 Å². The first-order chi connectivity index (χ1) is 10.6. The summed E-state index contributed by atoms with van der Waals surface area (Å²) < 4.78 is 36.3. The third kappa shape index (κ3) is 5.72. The first-order valence-corrected chi connectivity index (χ1v) is 6.89. The van der Waals surface area contributed by atoms with E-state index >= 15 is 0 Å². The normalized spacial score (nSPS) is 13.2. The molecule has 0 aliphatic carbocycles. The monoisotopic (exact) mass is 329 g/mol. The Labute approximate surface area is 132 Å². The molecule has 2 N–H and O–H groups in total. The number of aryl methyl sites for hydroxylation is 1. The summed E-state index contributed by atoms with van der Waals surface area (Å²) in [5.41, 5.74) is 0.756. The Morgan fingerprint density at radius 2 is 1.96 bits per heavy atom. The van der Waals surface area contributed by atoms with E-state index in [0.29, 0.717) is 11.9 Å². The molecule has 0 bridgehead atoms. The number of carbonyl (C=O) groups excluding carboxylic acids is 2. The van der Waals surface area contributed by atoms with Crippen molar-refractivity contribution in [2.45, 2.75) is 33.0 Å². The van der Waals surface area contributed by atoms with E-state index in [1.807, 2.05) is 0 Å². The number of amides is 1. The van der Waals surface area contributed by atoms with E-state index in [1.165, 1.54) is 6.20 Å². The molecule has 1 atom stereocenters. The third-order valence-corrected chi connectivity index (χ3v) is 2.99. The molecule has 8 heteroatoms. The van der Waals surface area contributed by atoms with Crippen LogP contribution in [0.5, 0.6) is 0 Å².